The van der Waals surface area contributed by atoms with E-state index in [0.29, 0.717) is 13.2 Å². The van der Waals surface area contributed by atoms with Crippen molar-refractivity contribution in [1.29, 1.82) is 0 Å². The third-order valence-corrected chi connectivity index (χ3v) is 9.91. The second-order valence-electron chi connectivity index (χ2n) is 15.0. The maximum Gasteiger partial charge on any atom is 0.506 e. The van der Waals surface area contributed by atoms with Gasteiger partial charge in [-0.3, -0.25) is 0 Å². The number of carbonyl (C=O) groups is 1. The van der Waals surface area contributed by atoms with Gasteiger partial charge in [-0.05, 0) is 84.3 Å². The smallest absolute Gasteiger partial charge is 0.450 e. The molecule has 2 atom stereocenters. The number of allylic oxidation sites excluding steroid dienone is 4. The van der Waals surface area contributed by atoms with Crippen LogP contribution >= 0.6 is 0 Å². The highest BCUT2D eigenvalue weighted by Gasteiger charge is 2.25. The summed E-state index contributed by atoms with van der Waals surface area (Å²) in [5.74, 6) is 0.230. The highest BCUT2D eigenvalue weighted by molar-refractivity contribution is 5.57. The zero-order valence-electron chi connectivity index (χ0n) is 33.4. The number of unbranched alkanes of at least 4 members (excludes halogenated alkanes) is 23. The summed E-state index contributed by atoms with van der Waals surface area (Å²) in [7, 11) is 4.20. The summed E-state index contributed by atoms with van der Waals surface area (Å²) in [4.78, 5) is 13.8. The molecular weight excluding hydrogens is 606 g/mol. The lowest BCUT2D eigenvalue weighted by Crippen LogP contribution is -2.32. The van der Waals surface area contributed by atoms with Gasteiger partial charge in [-0.1, -0.05) is 173 Å². The molecule has 0 rings (SSSR count). The Kier molecular flexibility index (Phi) is 38.4. The largest absolute Gasteiger partial charge is 0.506 e. The van der Waals surface area contributed by atoms with Gasteiger partial charge in [0.15, 0.2) is 0 Å². The van der Waals surface area contributed by atoms with Crippen LogP contribution in [0.5, 0.6) is 0 Å². The van der Waals surface area contributed by atoms with Gasteiger partial charge >= 0.3 is 6.16 Å². The lowest BCUT2D eigenvalue weighted by Gasteiger charge is -2.27. The number of carboxylic acid groups (broad SMARTS) is 1. The number of nitrogens with zero attached hydrogens (tertiary/aromatic N) is 1. The molecule has 49 heavy (non-hydrogen) atoms. The van der Waals surface area contributed by atoms with Crippen molar-refractivity contribution in [3.05, 3.63) is 24.3 Å². The first kappa shape index (κ1) is 47.7. The summed E-state index contributed by atoms with van der Waals surface area (Å²) in [6.07, 6.45) is 46.0. The van der Waals surface area contributed by atoms with Gasteiger partial charge in [0, 0.05) is 6.61 Å². The summed E-state index contributed by atoms with van der Waals surface area (Å²) in [6, 6.07) is 0. The third-order valence-electron chi connectivity index (χ3n) is 9.91. The third kappa shape index (κ3) is 37.7. The van der Waals surface area contributed by atoms with Gasteiger partial charge < -0.3 is 19.5 Å². The van der Waals surface area contributed by atoms with Gasteiger partial charge in [-0.15, -0.1) is 0 Å². The van der Waals surface area contributed by atoms with Gasteiger partial charge in [-0.2, -0.15) is 0 Å². The van der Waals surface area contributed by atoms with Crippen LogP contribution in [-0.2, 0) is 9.47 Å². The molecule has 0 aromatic heterocycles. The average Bonchev–Trinajstić information content (AvgIpc) is 3.07. The molecule has 0 heterocycles. The molecule has 290 valence electrons. The molecule has 0 radical (unpaired) electrons. The summed E-state index contributed by atoms with van der Waals surface area (Å²) in [6.45, 7) is 6.64. The fourth-order valence-electron chi connectivity index (χ4n) is 6.75. The van der Waals surface area contributed by atoms with Crippen LogP contribution < -0.4 is 0 Å². The normalized spacial score (nSPS) is 13.2. The van der Waals surface area contributed by atoms with Crippen molar-refractivity contribution >= 4 is 6.16 Å². The monoisotopic (exact) mass is 692 g/mol. The van der Waals surface area contributed by atoms with Crippen LogP contribution in [0, 0.1) is 5.92 Å². The minimum absolute atomic E-state index is 0.230. The maximum absolute atomic E-state index is 11.6. The molecule has 5 heteroatoms. The van der Waals surface area contributed by atoms with Gasteiger partial charge in [0.1, 0.15) is 6.10 Å². The summed E-state index contributed by atoms with van der Waals surface area (Å²) >= 11 is 0. The van der Waals surface area contributed by atoms with Crippen molar-refractivity contribution in [2.45, 2.75) is 213 Å². The molecular formula is C44H85NO4. The molecule has 0 bridgehead atoms. The number of rotatable bonds is 39. The molecule has 0 fully saturated rings. The Labute approximate surface area is 306 Å². The number of hydrogen-bond donors (Lipinski definition) is 1. The SMILES string of the molecule is CCCCC/C=C\C/C=C\CCCCCCCCOCC(OC(=O)O)C(CCCCCCCCCCCCCCCCC)CCCN(C)C. The highest BCUT2D eigenvalue weighted by atomic mass is 16.7. The minimum Gasteiger partial charge on any atom is -0.450 e. The van der Waals surface area contributed by atoms with Gasteiger partial charge in [-0.25, -0.2) is 4.79 Å². The molecule has 2 unspecified atom stereocenters. The lowest BCUT2D eigenvalue weighted by molar-refractivity contribution is -0.0327. The van der Waals surface area contributed by atoms with Crippen molar-refractivity contribution in [3.8, 4) is 0 Å². The first-order valence-corrected chi connectivity index (χ1v) is 21.4. The van der Waals surface area contributed by atoms with E-state index in [-0.39, 0.29) is 12.0 Å². The molecule has 1 N–H and O–H groups in total. The minimum atomic E-state index is -1.17. The van der Waals surface area contributed by atoms with E-state index in [1.165, 1.54) is 154 Å². The second kappa shape index (κ2) is 39.5. The van der Waals surface area contributed by atoms with Crippen molar-refractivity contribution < 1.29 is 19.4 Å². The highest BCUT2D eigenvalue weighted by Crippen LogP contribution is 2.24. The Hall–Kier alpha value is -1.33. The number of hydrogen-bond acceptors (Lipinski definition) is 4. The van der Waals surface area contributed by atoms with Crippen LogP contribution in [0.3, 0.4) is 0 Å². The maximum atomic E-state index is 11.6. The predicted molar refractivity (Wildman–Crippen MR) is 214 cm³/mol. The van der Waals surface area contributed by atoms with Gasteiger partial charge in [0.2, 0.25) is 0 Å². The average molecular weight is 692 g/mol. The summed E-state index contributed by atoms with van der Waals surface area (Å²) in [5, 5.41) is 9.51. The molecule has 0 aliphatic heterocycles. The fourth-order valence-corrected chi connectivity index (χ4v) is 6.75. The molecule has 0 spiro atoms. The van der Waals surface area contributed by atoms with E-state index < -0.39 is 6.16 Å². The van der Waals surface area contributed by atoms with Crippen LogP contribution in [0.1, 0.15) is 206 Å². The van der Waals surface area contributed by atoms with E-state index in [2.05, 4.69) is 57.1 Å². The van der Waals surface area contributed by atoms with Crippen LogP contribution in [0.2, 0.25) is 0 Å². The van der Waals surface area contributed by atoms with Crippen LogP contribution in [-0.4, -0.2) is 56.1 Å². The quantitative estimate of drug-likeness (QED) is 0.0395. The van der Waals surface area contributed by atoms with E-state index >= 15 is 0 Å². The summed E-state index contributed by atoms with van der Waals surface area (Å²) in [5.41, 5.74) is 0. The van der Waals surface area contributed by atoms with E-state index in [4.69, 9.17) is 9.47 Å². The van der Waals surface area contributed by atoms with Crippen molar-refractivity contribution in [1.82, 2.24) is 4.90 Å². The molecule has 0 saturated carbocycles. The number of ether oxygens (including phenoxy) is 2. The topological polar surface area (TPSA) is 59.0 Å². The van der Waals surface area contributed by atoms with Gasteiger partial charge in [0.25, 0.3) is 0 Å². The van der Waals surface area contributed by atoms with E-state index in [1.807, 2.05) is 0 Å². The van der Waals surface area contributed by atoms with Crippen LogP contribution in [0.4, 0.5) is 4.79 Å². The van der Waals surface area contributed by atoms with Crippen molar-refractivity contribution in [2.75, 3.05) is 33.9 Å². The standard InChI is InChI=1S/C44H85NO4/c1-5-7-9-11-13-15-17-19-21-23-25-27-29-31-33-35-40-48-41-43(49-44(46)47)42(38-36-39-45(3)4)37-34-32-30-28-26-24-22-20-18-16-14-12-10-8-6-2/h13,15,19,21,42-43H,5-12,14,16-18,20,22-41H2,1-4H3,(H,46,47)/b15-13-,21-19-. The van der Waals surface area contributed by atoms with Gasteiger partial charge in [0.05, 0.1) is 6.61 Å². The zero-order chi connectivity index (χ0) is 35.9. The Morgan fingerprint density at radius 3 is 1.51 bits per heavy atom. The Balaban J connectivity index is 4.14. The first-order valence-electron chi connectivity index (χ1n) is 21.4. The molecule has 0 saturated heterocycles. The zero-order valence-corrected chi connectivity index (χ0v) is 33.4. The lowest BCUT2D eigenvalue weighted by atomic mass is 9.90. The fraction of sp³-hybridized carbons (Fsp3) is 0.886. The first-order chi connectivity index (χ1) is 24.0. The van der Waals surface area contributed by atoms with Crippen LogP contribution in [0.25, 0.3) is 0 Å². The Morgan fingerprint density at radius 1 is 0.571 bits per heavy atom. The predicted octanol–water partition coefficient (Wildman–Crippen LogP) is 14.1. The molecule has 0 aliphatic carbocycles. The molecule has 5 nitrogen and oxygen atoms in total. The van der Waals surface area contributed by atoms with E-state index in [9.17, 15) is 9.90 Å². The second-order valence-corrected chi connectivity index (χ2v) is 15.0. The molecule has 0 aromatic carbocycles. The summed E-state index contributed by atoms with van der Waals surface area (Å²) < 4.78 is 11.5. The molecule has 0 aliphatic rings. The molecule has 0 aromatic rings. The van der Waals surface area contributed by atoms with Crippen molar-refractivity contribution in [3.63, 3.8) is 0 Å². The van der Waals surface area contributed by atoms with E-state index in [0.717, 1.165) is 45.1 Å². The van der Waals surface area contributed by atoms with E-state index in [1.54, 1.807) is 0 Å². The van der Waals surface area contributed by atoms with Crippen molar-refractivity contribution in [2.24, 2.45) is 5.92 Å². The molecule has 0 amide bonds. The Morgan fingerprint density at radius 2 is 1.00 bits per heavy atom. The Bertz CT molecular complexity index is 722. The van der Waals surface area contributed by atoms with Crippen LogP contribution in [0.15, 0.2) is 24.3 Å².